The molecule has 0 unspecified atom stereocenters. The first-order chi connectivity index (χ1) is 11.5. The Balaban J connectivity index is 1.74. The van der Waals surface area contributed by atoms with Gasteiger partial charge in [0.25, 0.3) is 5.91 Å². The Hall–Kier alpha value is -2.48. The molecule has 1 amide bonds. The second-order valence-corrected chi connectivity index (χ2v) is 6.09. The van der Waals surface area contributed by atoms with Crippen LogP contribution in [0.1, 0.15) is 21.9 Å². The van der Waals surface area contributed by atoms with E-state index in [1.165, 1.54) is 12.1 Å². The molecule has 1 N–H and O–H groups in total. The van der Waals surface area contributed by atoms with Gasteiger partial charge in [-0.1, -0.05) is 12.1 Å². The van der Waals surface area contributed by atoms with Crippen molar-refractivity contribution < 1.29 is 9.18 Å². The van der Waals surface area contributed by atoms with Crippen LogP contribution in [0, 0.1) is 19.7 Å². The van der Waals surface area contributed by atoms with Gasteiger partial charge in [0, 0.05) is 6.20 Å². The van der Waals surface area contributed by atoms with Gasteiger partial charge in [0.1, 0.15) is 12.5 Å². The normalized spacial score (nSPS) is 10.8. The minimum atomic E-state index is -0.488. The highest BCUT2D eigenvalue weighted by atomic mass is 79.9. The number of carbonyl (C=O) groups is 1. The monoisotopic (exact) mass is 391 g/mol. The Morgan fingerprint density at radius 1 is 1.25 bits per heavy atom. The van der Waals surface area contributed by atoms with E-state index < -0.39 is 11.7 Å². The van der Waals surface area contributed by atoms with Gasteiger partial charge in [-0.25, -0.2) is 9.07 Å². The van der Waals surface area contributed by atoms with Gasteiger partial charge in [-0.3, -0.25) is 9.48 Å². The molecular formula is C16H15BrFN5O. The predicted octanol–water partition coefficient (Wildman–Crippen LogP) is 3.36. The SMILES string of the molecule is Cc1nn(Cn2ccc(C(=O)Nc3ccccc3F)n2)c(C)c1Br. The van der Waals surface area contributed by atoms with Gasteiger partial charge >= 0.3 is 0 Å². The maximum absolute atomic E-state index is 13.6. The second kappa shape index (κ2) is 6.56. The molecule has 0 atom stereocenters. The van der Waals surface area contributed by atoms with E-state index in [0.717, 1.165) is 15.9 Å². The Morgan fingerprint density at radius 3 is 2.67 bits per heavy atom. The van der Waals surface area contributed by atoms with E-state index in [-0.39, 0.29) is 11.4 Å². The molecule has 6 nitrogen and oxygen atoms in total. The van der Waals surface area contributed by atoms with E-state index in [1.54, 1.807) is 33.8 Å². The van der Waals surface area contributed by atoms with E-state index in [9.17, 15) is 9.18 Å². The molecule has 0 aliphatic rings. The molecule has 0 aliphatic carbocycles. The number of para-hydroxylation sites is 1. The average molecular weight is 392 g/mol. The van der Waals surface area contributed by atoms with Crippen LogP contribution in [0.15, 0.2) is 41.0 Å². The number of rotatable bonds is 4. The summed E-state index contributed by atoms with van der Waals surface area (Å²) in [6.45, 7) is 4.23. The maximum atomic E-state index is 13.6. The molecule has 0 saturated carbocycles. The summed E-state index contributed by atoms with van der Waals surface area (Å²) in [6, 6.07) is 7.58. The lowest BCUT2D eigenvalue weighted by Crippen LogP contribution is -2.16. The molecule has 8 heteroatoms. The van der Waals surface area contributed by atoms with Crippen molar-refractivity contribution in [3.63, 3.8) is 0 Å². The Morgan fingerprint density at radius 2 is 2.00 bits per heavy atom. The smallest absolute Gasteiger partial charge is 0.276 e. The first-order valence-electron chi connectivity index (χ1n) is 7.24. The molecule has 0 fully saturated rings. The van der Waals surface area contributed by atoms with Crippen LogP contribution in [-0.2, 0) is 6.67 Å². The molecule has 3 rings (SSSR count). The Labute approximate surface area is 146 Å². The molecule has 24 heavy (non-hydrogen) atoms. The number of anilines is 1. The molecule has 2 aromatic heterocycles. The van der Waals surface area contributed by atoms with Crippen molar-refractivity contribution in [3.05, 3.63) is 63.9 Å². The highest BCUT2D eigenvalue weighted by Gasteiger charge is 2.13. The molecule has 1 aromatic carbocycles. The number of carbonyl (C=O) groups excluding carboxylic acids is 1. The third kappa shape index (κ3) is 3.23. The van der Waals surface area contributed by atoms with E-state index >= 15 is 0 Å². The van der Waals surface area contributed by atoms with Gasteiger partial charge in [-0.05, 0) is 48.0 Å². The van der Waals surface area contributed by atoms with Crippen molar-refractivity contribution in [2.24, 2.45) is 0 Å². The lowest BCUT2D eigenvalue weighted by atomic mass is 10.3. The second-order valence-electron chi connectivity index (χ2n) is 5.30. The fourth-order valence-corrected chi connectivity index (χ4v) is 2.54. The largest absolute Gasteiger partial charge is 0.318 e. The topological polar surface area (TPSA) is 64.7 Å². The summed E-state index contributed by atoms with van der Waals surface area (Å²) >= 11 is 3.47. The summed E-state index contributed by atoms with van der Waals surface area (Å²) in [5.41, 5.74) is 2.19. The minimum Gasteiger partial charge on any atom is -0.318 e. The zero-order valence-electron chi connectivity index (χ0n) is 13.1. The van der Waals surface area contributed by atoms with E-state index in [2.05, 4.69) is 31.4 Å². The van der Waals surface area contributed by atoms with Gasteiger partial charge in [-0.15, -0.1) is 0 Å². The van der Waals surface area contributed by atoms with Crippen molar-refractivity contribution in [2.75, 3.05) is 5.32 Å². The summed E-state index contributed by atoms with van der Waals surface area (Å²) < 4.78 is 17.9. The summed E-state index contributed by atoms with van der Waals surface area (Å²) in [6.07, 6.45) is 1.68. The third-order valence-electron chi connectivity index (χ3n) is 3.57. The summed E-state index contributed by atoms with van der Waals surface area (Å²) in [5.74, 6) is -0.953. The Kier molecular flexibility index (Phi) is 4.48. The molecule has 0 radical (unpaired) electrons. The minimum absolute atomic E-state index is 0.125. The maximum Gasteiger partial charge on any atom is 0.276 e. The number of hydrogen-bond acceptors (Lipinski definition) is 3. The first kappa shape index (κ1) is 16.4. The molecule has 0 aliphatic heterocycles. The fourth-order valence-electron chi connectivity index (χ4n) is 2.26. The standard InChI is InChI=1S/C16H15BrFN5O/c1-10-15(17)11(2)23(20-10)9-22-8-7-14(21-22)16(24)19-13-6-4-3-5-12(13)18/h3-8H,9H2,1-2H3,(H,19,24). The first-order valence-corrected chi connectivity index (χ1v) is 8.04. The van der Waals surface area contributed by atoms with Gasteiger partial charge in [0.05, 0.1) is 21.5 Å². The number of hydrogen-bond donors (Lipinski definition) is 1. The molecular weight excluding hydrogens is 377 g/mol. The lowest BCUT2D eigenvalue weighted by molar-refractivity contribution is 0.102. The zero-order chi connectivity index (χ0) is 17.3. The molecule has 0 spiro atoms. The number of nitrogens with one attached hydrogen (secondary N) is 1. The number of benzene rings is 1. The lowest BCUT2D eigenvalue weighted by Gasteiger charge is -2.05. The van der Waals surface area contributed by atoms with Crippen molar-refractivity contribution in [3.8, 4) is 0 Å². The molecule has 124 valence electrons. The molecule has 3 aromatic rings. The number of nitrogens with zero attached hydrogens (tertiary/aromatic N) is 4. The quantitative estimate of drug-likeness (QED) is 0.741. The highest BCUT2D eigenvalue weighted by molar-refractivity contribution is 9.10. The van der Waals surface area contributed by atoms with Crippen LogP contribution in [0.25, 0.3) is 0 Å². The van der Waals surface area contributed by atoms with Crippen LogP contribution < -0.4 is 5.32 Å². The predicted molar refractivity (Wildman–Crippen MR) is 91.4 cm³/mol. The van der Waals surface area contributed by atoms with Crippen LogP contribution >= 0.6 is 15.9 Å². The van der Waals surface area contributed by atoms with Crippen molar-refractivity contribution >= 4 is 27.5 Å². The number of aryl methyl sites for hydroxylation is 1. The summed E-state index contributed by atoms with van der Waals surface area (Å²) in [5, 5.41) is 11.1. The zero-order valence-corrected chi connectivity index (χ0v) is 14.7. The van der Waals surface area contributed by atoms with Gasteiger partial charge in [0.15, 0.2) is 5.69 Å². The van der Waals surface area contributed by atoms with Crippen LogP contribution in [0.3, 0.4) is 0 Å². The summed E-state index contributed by atoms with van der Waals surface area (Å²) in [7, 11) is 0. The fraction of sp³-hybridized carbons (Fsp3) is 0.188. The van der Waals surface area contributed by atoms with Crippen LogP contribution in [0.4, 0.5) is 10.1 Å². The highest BCUT2D eigenvalue weighted by Crippen LogP contribution is 2.19. The molecule has 0 saturated heterocycles. The number of halogens is 2. The van der Waals surface area contributed by atoms with E-state index in [0.29, 0.717) is 6.67 Å². The number of amides is 1. The van der Waals surface area contributed by atoms with Crippen LogP contribution in [0.5, 0.6) is 0 Å². The van der Waals surface area contributed by atoms with Crippen LogP contribution in [0.2, 0.25) is 0 Å². The van der Waals surface area contributed by atoms with Crippen molar-refractivity contribution in [1.29, 1.82) is 0 Å². The van der Waals surface area contributed by atoms with E-state index in [1.807, 2.05) is 13.8 Å². The Bertz CT molecular complexity index is 902. The molecule has 0 bridgehead atoms. The average Bonchev–Trinajstić information content (AvgIpc) is 3.11. The molecule has 2 heterocycles. The number of aromatic nitrogens is 4. The van der Waals surface area contributed by atoms with Gasteiger partial charge in [-0.2, -0.15) is 10.2 Å². The van der Waals surface area contributed by atoms with E-state index in [4.69, 9.17) is 0 Å². The van der Waals surface area contributed by atoms with Crippen LogP contribution in [-0.4, -0.2) is 25.5 Å². The van der Waals surface area contributed by atoms with Crippen molar-refractivity contribution in [2.45, 2.75) is 20.5 Å². The van der Waals surface area contributed by atoms with Crippen molar-refractivity contribution in [1.82, 2.24) is 19.6 Å². The third-order valence-corrected chi connectivity index (χ3v) is 4.72. The van der Waals surface area contributed by atoms with Gasteiger partial charge in [0.2, 0.25) is 0 Å². The summed E-state index contributed by atoms with van der Waals surface area (Å²) in [4.78, 5) is 12.2. The van der Waals surface area contributed by atoms with Gasteiger partial charge < -0.3 is 5.32 Å².